The molecule has 1 aliphatic rings. The van der Waals surface area contributed by atoms with Crippen molar-refractivity contribution >= 4 is 40.9 Å². The molecule has 2 aromatic carbocycles. The van der Waals surface area contributed by atoms with Gasteiger partial charge in [0.05, 0.1) is 11.4 Å². The normalized spacial score (nSPS) is 13.2. The molecule has 1 aliphatic heterocycles. The highest BCUT2D eigenvalue weighted by Gasteiger charge is 2.16. The number of hydrogen-bond donors (Lipinski definition) is 2. The van der Waals surface area contributed by atoms with Crippen LogP contribution in [0.15, 0.2) is 48.5 Å². The fourth-order valence-electron chi connectivity index (χ4n) is 3.26. The van der Waals surface area contributed by atoms with Crippen molar-refractivity contribution in [3.63, 3.8) is 0 Å². The van der Waals surface area contributed by atoms with Gasteiger partial charge in [-0.1, -0.05) is 11.6 Å². The van der Waals surface area contributed by atoms with Crippen LogP contribution in [0.2, 0.25) is 5.15 Å². The SMILES string of the molecule is Cc1nn(-c2ccc(F)cc2)c(Cl)c1/C=C/C(=O)Nc1ccc2c(c1)CCC(=O)N2. The Morgan fingerprint density at radius 2 is 2.00 bits per heavy atom. The van der Waals surface area contributed by atoms with E-state index in [9.17, 15) is 14.0 Å². The standard InChI is InChI=1S/C22H18ClFN4O2/c1-13-18(22(23)28(27-13)17-6-3-15(24)4-7-17)8-11-20(29)25-16-5-9-19-14(12-16)2-10-21(30)26-19/h3-9,11-12H,2,10H2,1H3,(H,25,29)(H,26,30)/b11-8+. The topological polar surface area (TPSA) is 76.0 Å². The fraction of sp³-hybridized carbons (Fsp3) is 0.136. The molecule has 2 heterocycles. The van der Waals surface area contributed by atoms with Gasteiger partial charge in [0.15, 0.2) is 0 Å². The van der Waals surface area contributed by atoms with E-state index in [0.717, 1.165) is 11.3 Å². The lowest BCUT2D eigenvalue weighted by atomic mass is 10.0. The third-order valence-corrected chi connectivity index (χ3v) is 5.15. The van der Waals surface area contributed by atoms with Crippen molar-refractivity contribution in [1.82, 2.24) is 9.78 Å². The molecule has 152 valence electrons. The van der Waals surface area contributed by atoms with Crippen molar-refractivity contribution < 1.29 is 14.0 Å². The summed E-state index contributed by atoms with van der Waals surface area (Å²) in [6.07, 6.45) is 4.04. The zero-order valence-electron chi connectivity index (χ0n) is 16.1. The highest BCUT2D eigenvalue weighted by atomic mass is 35.5. The van der Waals surface area contributed by atoms with Crippen molar-refractivity contribution in [3.05, 3.63) is 76.3 Å². The molecule has 1 aromatic heterocycles. The number of halogens is 2. The summed E-state index contributed by atoms with van der Waals surface area (Å²) < 4.78 is 14.6. The van der Waals surface area contributed by atoms with Gasteiger partial charge < -0.3 is 10.6 Å². The number of aryl methyl sites for hydroxylation is 2. The average Bonchev–Trinajstić information content (AvgIpc) is 3.00. The number of carbonyl (C=O) groups excluding carboxylic acids is 2. The third-order valence-electron chi connectivity index (χ3n) is 4.79. The first kappa shape index (κ1) is 19.8. The number of carbonyl (C=O) groups is 2. The van der Waals surface area contributed by atoms with Crippen LogP contribution in [-0.2, 0) is 16.0 Å². The first-order valence-electron chi connectivity index (χ1n) is 9.33. The molecule has 30 heavy (non-hydrogen) atoms. The van der Waals surface area contributed by atoms with Crippen LogP contribution in [-0.4, -0.2) is 21.6 Å². The molecule has 0 atom stereocenters. The molecule has 2 N–H and O–H groups in total. The van der Waals surface area contributed by atoms with Gasteiger partial charge in [-0.15, -0.1) is 0 Å². The Morgan fingerprint density at radius 3 is 2.77 bits per heavy atom. The number of aromatic nitrogens is 2. The predicted molar refractivity (Wildman–Crippen MR) is 114 cm³/mol. The van der Waals surface area contributed by atoms with Gasteiger partial charge in [-0.25, -0.2) is 9.07 Å². The lowest BCUT2D eigenvalue weighted by Crippen LogP contribution is -2.19. The smallest absolute Gasteiger partial charge is 0.248 e. The van der Waals surface area contributed by atoms with Gasteiger partial charge in [-0.05, 0) is 67.4 Å². The third kappa shape index (κ3) is 4.11. The molecule has 2 amide bonds. The van der Waals surface area contributed by atoms with E-state index in [-0.39, 0.29) is 17.6 Å². The Morgan fingerprint density at radius 1 is 1.23 bits per heavy atom. The number of hydrogen-bond acceptors (Lipinski definition) is 3. The molecule has 0 aliphatic carbocycles. The van der Waals surface area contributed by atoms with E-state index in [2.05, 4.69) is 15.7 Å². The maximum absolute atomic E-state index is 13.1. The number of amides is 2. The van der Waals surface area contributed by atoms with Gasteiger partial charge in [-0.2, -0.15) is 5.10 Å². The molecule has 0 radical (unpaired) electrons. The number of benzene rings is 2. The number of nitrogens with zero attached hydrogens (tertiary/aromatic N) is 2. The molecular formula is C22H18ClFN4O2. The lowest BCUT2D eigenvalue weighted by Gasteiger charge is -2.17. The molecular weight excluding hydrogens is 407 g/mol. The van der Waals surface area contributed by atoms with E-state index in [4.69, 9.17) is 11.6 Å². The van der Waals surface area contributed by atoms with Crippen molar-refractivity contribution in [2.75, 3.05) is 10.6 Å². The number of rotatable bonds is 4. The van der Waals surface area contributed by atoms with Crippen molar-refractivity contribution in [2.24, 2.45) is 0 Å². The van der Waals surface area contributed by atoms with Crippen LogP contribution in [0.1, 0.15) is 23.2 Å². The largest absolute Gasteiger partial charge is 0.326 e. The van der Waals surface area contributed by atoms with E-state index in [1.54, 1.807) is 37.3 Å². The van der Waals surface area contributed by atoms with Gasteiger partial charge in [-0.3, -0.25) is 9.59 Å². The summed E-state index contributed by atoms with van der Waals surface area (Å²) in [6.45, 7) is 1.78. The Hall–Kier alpha value is -3.45. The Balaban J connectivity index is 1.49. The molecule has 8 heteroatoms. The number of nitrogens with one attached hydrogen (secondary N) is 2. The van der Waals surface area contributed by atoms with Crippen molar-refractivity contribution in [3.8, 4) is 5.69 Å². The Kier molecular flexibility index (Phi) is 5.37. The lowest BCUT2D eigenvalue weighted by molar-refractivity contribution is -0.116. The molecule has 4 rings (SSSR count). The zero-order chi connectivity index (χ0) is 21.3. The Labute approximate surface area is 177 Å². The summed E-state index contributed by atoms with van der Waals surface area (Å²) in [6, 6.07) is 11.2. The molecule has 0 spiro atoms. The van der Waals surface area contributed by atoms with Crippen LogP contribution >= 0.6 is 11.6 Å². The minimum absolute atomic E-state index is 0.00403. The summed E-state index contributed by atoms with van der Waals surface area (Å²) in [5.74, 6) is -0.671. The second-order valence-electron chi connectivity index (χ2n) is 6.92. The van der Waals surface area contributed by atoms with Crippen LogP contribution in [0.5, 0.6) is 0 Å². The van der Waals surface area contributed by atoms with Crippen LogP contribution in [0.25, 0.3) is 11.8 Å². The van der Waals surface area contributed by atoms with E-state index >= 15 is 0 Å². The van der Waals surface area contributed by atoms with Crippen molar-refractivity contribution in [2.45, 2.75) is 19.8 Å². The van der Waals surface area contributed by atoms with Crippen LogP contribution in [0, 0.1) is 12.7 Å². The monoisotopic (exact) mass is 424 g/mol. The van der Waals surface area contributed by atoms with Gasteiger partial charge in [0, 0.05) is 29.4 Å². The van der Waals surface area contributed by atoms with Crippen LogP contribution in [0.4, 0.5) is 15.8 Å². The van der Waals surface area contributed by atoms with Crippen LogP contribution < -0.4 is 10.6 Å². The summed E-state index contributed by atoms with van der Waals surface area (Å²) in [4.78, 5) is 23.8. The highest BCUT2D eigenvalue weighted by molar-refractivity contribution is 6.31. The summed E-state index contributed by atoms with van der Waals surface area (Å²) >= 11 is 6.43. The molecule has 3 aromatic rings. The molecule has 0 fully saturated rings. The first-order chi connectivity index (χ1) is 14.4. The average molecular weight is 425 g/mol. The molecule has 0 saturated carbocycles. The second kappa shape index (κ2) is 8.12. The number of fused-ring (bicyclic) bond motifs is 1. The molecule has 0 saturated heterocycles. The molecule has 6 nitrogen and oxygen atoms in total. The van der Waals surface area contributed by atoms with E-state index in [0.29, 0.717) is 40.6 Å². The van der Waals surface area contributed by atoms with E-state index in [1.165, 1.54) is 22.9 Å². The number of anilines is 2. The zero-order valence-corrected chi connectivity index (χ0v) is 16.8. The van der Waals surface area contributed by atoms with E-state index in [1.807, 2.05) is 6.07 Å². The first-order valence-corrected chi connectivity index (χ1v) is 9.71. The minimum Gasteiger partial charge on any atom is -0.326 e. The van der Waals surface area contributed by atoms with E-state index < -0.39 is 0 Å². The maximum atomic E-state index is 13.1. The van der Waals surface area contributed by atoms with Gasteiger partial charge in [0.1, 0.15) is 11.0 Å². The fourth-order valence-corrected chi connectivity index (χ4v) is 3.59. The van der Waals surface area contributed by atoms with Gasteiger partial charge >= 0.3 is 0 Å². The summed E-state index contributed by atoms with van der Waals surface area (Å²) in [5, 5.41) is 10.3. The Bertz CT molecular complexity index is 1170. The maximum Gasteiger partial charge on any atom is 0.248 e. The van der Waals surface area contributed by atoms with Crippen molar-refractivity contribution in [1.29, 1.82) is 0 Å². The summed E-state index contributed by atoms with van der Waals surface area (Å²) in [5.41, 5.74) is 4.26. The van der Waals surface area contributed by atoms with Crippen LogP contribution in [0.3, 0.4) is 0 Å². The quantitative estimate of drug-likeness (QED) is 0.605. The minimum atomic E-state index is -0.347. The summed E-state index contributed by atoms with van der Waals surface area (Å²) in [7, 11) is 0. The molecule has 0 unspecified atom stereocenters. The predicted octanol–water partition coefficient (Wildman–Crippen LogP) is 4.51. The van der Waals surface area contributed by atoms with Gasteiger partial charge in [0.25, 0.3) is 0 Å². The second-order valence-corrected chi connectivity index (χ2v) is 7.28. The van der Waals surface area contributed by atoms with Gasteiger partial charge in [0.2, 0.25) is 11.8 Å². The highest BCUT2D eigenvalue weighted by Crippen LogP contribution is 2.27. The molecule has 0 bridgehead atoms.